The molecule has 4 N–H and O–H groups in total. The third-order valence-corrected chi connectivity index (χ3v) is 5.40. The number of nitrogens with one attached hydrogen (secondary N) is 1. The Morgan fingerprint density at radius 1 is 1.11 bits per heavy atom. The van der Waals surface area contributed by atoms with E-state index < -0.39 is 6.10 Å². The summed E-state index contributed by atoms with van der Waals surface area (Å²) < 4.78 is 0. The number of nitrogens with zero attached hydrogens (tertiary/aromatic N) is 2. The first-order chi connectivity index (χ1) is 13.6. The van der Waals surface area contributed by atoms with E-state index in [4.69, 9.17) is 5.73 Å². The molecule has 2 aromatic rings. The Labute approximate surface area is 168 Å². The number of guanidine groups is 1. The van der Waals surface area contributed by atoms with Crippen LogP contribution in [0.4, 0.5) is 5.69 Å². The Morgan fingerprint density at radius 2 is 1.79 bits per heavy atom. The molecule has 0 fully saturated rings. The molecule has 0 saturated carbocycles. The van der Waals surface area contributed by atoms with Gasteiger partial charge in [-0.2, -0.15) is 0 Å². The van der Waals surface area contributed by atoms with Crippen LogP contribution in [0, 0.1) is 0 Å². The number of benzene rings is 2. The molecule has 1 aliphatic heterocycles. The van der Waals surface area contributed by atoms with Gasteiger partial charge in [-0.25, -0.2) is 0 Å². The third-order valence-electron chi connectivity index (χ3n) is 5.40. The number of rotatable bonds is 7. The van der Waals surface area contributed by atoms with Crippen LogP contribution >= 0.6 is 0 Å². The molecule has 1 aliphatic rings. The number of aliphatic hydroxyl groups excluding tert-OH is 1. The Bertz CT molecular complexity index is 796. The molecule has 1 atom stereocenters. The van der Waals surface area contributed by atoms with Gasteiger partial charge in [0.15, 0.2) is 5.96 Å². The van der Waals surface area contributed by atoms with Gasteiger partial charge in [-0.15, -0.1) is 0 Å². The van der Waals surface area contributed by atoms with Crippen molar-refractivity contribution in [3.63, 3.8) is 0 Å². The fraction of sp³-hybridized carbons (Fsp3) is 0.435. The number of aliphatic hydroxyl groups is 1. The predicted molar refractivity (Wildman–Crippen MR) is 117 cm³/mol. The highest BCUT2D eigenvalue weighted by Gasteiger charge is 2.18. The molecule has 0 aromatic heterocycles. The quantitative estimate of drug-likeness (QED) is 0.510. The van der Waals surface area contributed by atoms with Gasteiger partial charge < -0.3 is 16.2 Å². The van der Waals surface area contributed by atoms with Crippen molar-refractivity contribution < 1.29 is 5.11 Å². The van der Waals surface area contributed by atoms with Crippen molar-refractivity contribution in [3.8, 4) is 0 Å². The van der Waals surface area contributed by atoms with Crippen LogP contribution in [0.25, 0.3) is 0 Å². The second-order valence-corrected chi connectivity index (χ2v) is 7.42. The molecule has 2 aromatic carbocycles. The zero-order chi connectivity index (χ0) is 19.9. The Kier molecular flexibility index (Phi) is 7.06. The van der Waals surface area contributed by atoms with Crippen LogP contribution in [-0.4, -0.2) is 41.7 Å². The van der Waals surface area contributed by atoms with Crippen molar-refractivity contribution in [3.05, 3.63) is 64.7 Å². The van der Waals surface area contributed by atoms with Crippen molar-refractivity contribution in [2.75, 3.05) is 25.0 Å². The normalized spacial score (nSPS) is 15.9. The van der Waals surface area contributed by atoms with Crippen molar-refractivity contribution in [1.29, 1.82) is 0 Å². The van der Waals surface area contributed by atoms with Gasteiger partial charge in [-0.3, -0.25) is 9.89 Å². The maximum absolute atomic E-state index is 10.4. The second kappa shape index (κ2) is 9.71. The molecule has 28 heavy (non-hydrogen) atoms. The fourth-order valence-corrected chi connectivity index (χ4v) is 3.84. The maximum Gasteiger partial charge on any atom is 0.193 e. The van der Waals surface area contributed by atoms with E-state index in [1.54, 1.807) is 0 Å². The van der Waals surface area contributed by atoms with Gasteiger partial charge in [-0.1, -0.05) is 56.3 Å². The predicted octanol–water partition coefficient (Wildman–Crippen LogP) is 2.96. The van der Waals surface area contributed by atoms with Crippen LogP contribution in [0.1, 0.15) is 36.1 Å². The van der Waals surface area contributed by atoms with Crippen LogP contribution in [0.3, 0.4) is 0 Å². The molecule has 1 unspecified atom stereocenters. The van der Waals surface area contributed by atoms with Gasteiger partial charge in [0.1, 0.15) is 0 Å². The molecule has 0 bridgehead atoms. The standard InChI is InChI=1S/C23H32N4O/c1-3-17-10-7-11-18(4-2)22(17)26-23(24)25-14-21(28)16-27-13-12-19-8-5-6-9-20(19)15-27/h5-11,21,28H,3-4,12-16H2,1-2H3,(H3,24,25,26). The number of nitrogens with two attached hydrogens (primary N) is 1. The summed E-state index contributed by atoms with van der Waals surface area (Å²) in [5.41, 5.74) is 12.4. The molecule has 0 spiro atoms. The maximum atomic E-state index is 10.4. The second-order valence-electron chi connectivity index (χ2n) is 7.42. The van der Waals surface area contributed by atoms with E-state index in [1.807, 2.05) is 0 Å². The number of fused-ring (bicyclic) bond motifs is 1. The number of β-amino-alcohol motifs (C(OH)–C–C–N with tert-alkyl or cyclic N) is 1. The minimum absolute atomic E-state index is 0.298. The molecular formula is C23H32N4O. The lowest BCUT2D eigenvalue weighted by atomic mass is 10.00. The van der Waals surface area contributed by atoms with E-state index in [0.717, 1.165) is 38.0 Å². The minimum Gasteiger partial charge on any atom is -0.390 e. The first kappa shape index (κ1) is 20.4. The number of aliphatic imine (C=N–C) groups is 1. The average Bonchev–Trinajstić information content (AvgIpc) is 2.72. The van der Waals surface area contributed by atoms with Gasteiger partial charge >= 0.3 is 0 Å². The van der Waals surface area contributed by atoms with Gasteiger partial charge in [-0.05, 0) is 41.5 Å². The molecular weight excluding hydrogens is 348 g/mol. The fourth-order valence-electron chi connectivity index (χ4n) is 3.84. The van der Waals surface area contributed by atoms with Gasteiger partial charge in [0, 0.05) is 25.3 Å². The van der Waals surface area contributed by atoms with E-state index in [9.17, 15) is 5.11 Å². The van der Waals surface area contributed by atoms with E-state index in [2.05, 4.69) is 71.5 Å². The molecule has 0 amide bonds. The van der Waals surface area contributed by atoms with E-state index >= 15 is 0 Å². The highest BCUT2D eigenvalue weighted by atomic mass is 16.3. The number of aryl methyl sites for hydroxylation is 2. The summed E-state index contributed by atoms with van der Waals surface area (Å²) in [6.07, 6.45) is 2.37. The highest BCUT2D eigenvalue weighted by molar-refractivity contribution is 5.93. The molecule has 0 aliphatic carbocycles. The lowest BCUT2D eigenvalue weighted by Gasteiger charge is -2.30. The zero-order valence-electron chi connectivity index (χ0n) is 17.0. The molecule has 0 saturated heterocycles. The summed E-state index contributed by atoms with van der Waals surface area (Å²) in [5.74, 6) is 0.360. The molecule has 0 radical (unpaired) electrons. The van der Waals surface area contributed by atoms with Crippen LogP contribution in [-0.2, 0) is 25.8 Å². The third kappa shape index (κ3) is 5.12. The SMILES string of the molecule is CCc1cccc(CC)c1NC(N)=NCC(O)CN1CCc2ccccc2C1. The Balaban J connectivity index is 1.55. The lowest BCUT2D eigenvalue weighted by molar-refractivity contribution is 0.112. The first-order valence-electron chi connectivity index (χ1n) is 10.3. The van der Waals surface area contributed by atoms with Gasteiger partial charge in [0.05, 0.1) is 12.6 Å². The van der Waals surface area contributed by atoms with Crippen LogP contribution in [0.15, 0.2) is 47.5 Å². The van der Waals surface area contributed by atoms with Crippen LogP contribution < -0.4 is 11.1 Å². The Hall–Kier alpha value is -2.37. The summed E-state index contributed by atoms with van der Waals surface area (Å²) in [6, 6.07) is 14.8. The average molecular weight is 381 g/mol. The van der Waals surface area contributed by atoms with Crippen LogP contribution in [0.5, 0.6) is 0 Å². The number of hydrogen-bond donors (Lipinski definition) is 3. The van der Waals surface area contributed by atoms with Crippen molar-refractivity contribution in [2.45, 2.75) is 45.8 Å². The number of para-hydroxylation sites is 1. The van der Waals surface area contributed by atoms with Crippen molar-refractivity contribution >= 4 is 11.6 Å². The number of hydrogen-bond acceptors (Lipinski definition) is 3. The van der Waals surface area contributed by atoms with Gasteiger partial charge in [0.2, 0.25) is 0 Å². The summed E-state index contributed by atoms with van der Waals surface area (Å²) in [4.78, 5) is 6.67. The van der Waals surface area contributed by atoms with E-state index in [0.29, 0.717) is 19.0 Å². The zero-order valence-corrected chi connectivity index (χ0v) is 17.0. The van der Waals surface area contributed by atoms with Crippen molar-refractivity contribution in [1.82, 2.24) is 4.90 Å². The lowest BCUT2D eigenvalue weighted by Crippen LogP contribution is -2.38. The topological polar surface area (TPSA) is 73.9 Å². The molecule has 3 rings (SSSR count). The summed E-state index contributed by atoms with van der Waals surface area (Å²) in [6.45, 7) is 7.02. The van der Waals surface area contributed by atoms with E-state index in [1.165, 1.54) is 22.3 Å². The van der Waals surface area contributed by atoms with Gasteiger partial charge in [0.25, 0.3) is 0 Å². The van der Waals surface area contributed by atoms with E-state index in [-0.39, 0.29) is 0 Å². The smallest absolute Gasteiger partial charge is 0.193 e. The highest BCUT2D eigenvalue weighted by Crippen LogP contribution is 2.22. The Morgan fingerprint density at radius 3 is 2.46 bits per heavy atom. The summed E-state index contributed by atoms with van der Waals surface area (Å²) in [7, 11) is 0. The number of anilines is 1. The molecule has 5 heteroatoms. The summed E-state index contributed by atoms with van der Waals surface area (Å²) in [5, 5.41) is 13.7. The summed E-state index contributed by atoms with van der Waals surface area (Å²) >= 11 is 0. The monoisotopic (exact) mass is 380 g/mol. The molecule has 150 valence electrons. The van der Waals surface area contributed by atoms with Crippen LogP contribution in [0.2, 0.25) is 0 Å². The molecule has 5 nitrogen and oxygen atoms in total. The van der Waals surface area contributed by atoms with Crippen molar-refractivity contribution in [2.24, 2.45) is 10.7 Å². The minimum atomic E-state index is -0.530. The first-order valence-corrected chi connectivity index (χ1v) is 10.3. The molecule has 1 heterocycles. The largest absolute Gasteiger partial charge is 0.390 e.